The molecule has 2 atom stereocenters. The Hall–Kier alpha value is -1.44. The van der Waals surface area contributed by atoms with Crippen molar-refractivity contribution < 1.29 is 23.9 Å². The predicted octanol–water partition coefficient (Wildman–Crippen LogP) is 0.920. The van der Waals surface area contributed by atoms with Crippen LogP contribution in [-0.2, 0) is 19.1 Å². The lowest BCUT2D eigenvalue weighted by Gasteiger charge is -2.23. The van der Waals surface area contributed by atoms with Crippen molar-refractivity contribution in [2.75, 3.05) is 19.1 Å². The van der Waals surface area contributed by atoms with Gasteiger partial charge in [-0.15, -0.1) is 0 Å². The number of carbonyl (C=O) groups excluding carboxylic acids is 3. The molecule has 0 saturated carbocycles. The molecule has 0 fully saturated rings. The summed E-state index contributed by atoms with van der Waals surface area (Å²) in [6, 6.07) is -1.57. The van der Waals surface area contributed by atoms with E-state index in [2.05, 4.69) is 15.4 Å². The highest BCUT2D eigenvalue weighted by Crippen LogP contribution is 2.07. The summed E-state index contributed by atoms with van der Waals surface area (Å²) >= 11 is 1.39. The maximum Gasteiger partial charge on any atom is 0.408 e. The lowest BCUT2D eigenvalue weighted by atomic mass is 10.2. The molecule has 0 radical (unpaired) electrons. The maximum absolute atomic E-state index is 12.1. The minimum atomic E-state index is -0.790. The maximum atomic E-state index is 12.1. The molecule has 0 unspecified atom stereocenters. The van der Waals surface area contributed by atoms with Crippen LogP contribution in [0, 0.1) is 0 Å². The van der Waals surface area contributed by atoms with Gasteiger partial charge in [-0.2, -0.15) is 11.8 Å². The number of thioether (sulfide) groups is 1. The molecule has 0 bridgehead atoms. The Bertz CT molecular complexity index is 381. The van der Waals surface area contributed by atoms with Gasteiger partial charge in [-0.3, -0.25) is 4.79 Å². The van der Waals surface area contributed by atoms with E-state index in [1.165, 1.54) is 25.8 Å². The normalized spacial score (nSPS) is 13.8. The molecule has 0 heterocycles. The summed E-state index contributed by atoms with van der Waals surface area (Å²) < 4.78 is 9.64. The van der Waals surface area contributed by atoms with Crippen LogP contribution in [0.15, 0.2) is 0 Å². The second-order valence-corrected chi connectivity index (χ2v) is 6.32. The summed E-state index contributed by atoms with van der Waals surface area (Å²) in [6.45, 7) is 6.70. The van der Waals surface area contributed by atoms with E-state index in [1.807, 2.05) is 0 Å². The van der Waals surface area contributed by atoms with Gasteiger partial charge in [0.05, 0.1) is 7.11 Å². The van der Waals surface area contributed by atoms with Gasteiger partial charge in [-0.25, -0.2) is 9.59 Å². The van der Waals surface area contributed by atoms with Crippen LogP contribution in [0.25, 0.3) is 0 Å². The Morgan fingerprint density at radius 2 is 1.76 bits per heavy atom. The van der Waals surface area contributed by atoms with Crippen molar-refractivity contribution in [3.63, 3.8) is 0 Å². The monoisotopic (exact) mass is 320 g/mol. The molecule has 0 aromatic rings. The zero-order chi connectivity index (χ0) is 16.6. The van der Waals surface area contributed by atoms with Crippen molar-refractivity contribution in [3.8, 4) is 0 Å². The Balaban J connectivity index is 4.63. The first-order valence-electron chi connectivity index (χ1n) is 6.47. The van der Waals surface area contributed by atoms with Crippen molar-refractivity contribution in [1.82, 2.24) is 10.6 Å². The highest BCUT2D eigenvalue weighted by Gasteiger charge is 2.26. The SMILES string of the molecule is COC(=O)[C@H](C)NC(=O)[C@H](CSC)NC(=O)OC(C)(C)C. The second-order valence-electron chi connectivity index (χ2n) is 5.41. The Morgan fingerprint density at radius 3 is 2.19 bits per heavy atom. The number of hydrogen-bond acceptors (Lipinski definition) is 6. The molecule has 2 amide bonds. The van der Waals surface area contributed by atoms with Gasteiger partial charge in [0.15, 0.2) is 0 Å². The molecule has 0 aromatic heterocycles. The van der Waals surface area contributed by atoms with E-state index in [9.17, 15) is 14.4 Å². The van der Waals surface area contributed by atoms with E-state index in [0.717, 1.165) is 0 Å². The molecule has 0 aliphatic carbocycles. The van der Waals surface area contributed by atoms with Crippen LogP contribution in [0.5, 0.6) is 0 Å². The minimum Gasteiger partial charge on any atom is -0.467 e. The Kier molecular flexibility index (Phi) is 8.16. The molecule has 122 valence electrons. The Labute approximate surface area is 129 Å². The van der Waals surface area contributed by atoms with Crippen molar-refractivity contribution in [2.24, 2.45) is 0 Å². The van der Waals surface area contributed by atoms with Crippen LogP contribution in [0.3, 0.4) is 0 Å². The summed E-state index contributed by atoms with van der Waals surface area (Å²) in [5.74, 6) is -0.657. The van der Waals surface area contributed by atoms with Gasteiger partial charge in [0.1, 0.15) is 17.7 Å². The number of carbonyl (C=O) groups is 3. The molecule has 0 aromatic carbocycles. The lowest BCUT2D eigenvalue weighted by molar-refractivity contribution is -0.144. The van der Waals surface area contributed by atoms with Crippen LogP contribution < -0.4 is 10.6 Å². The average Bonchev–Trinajstić information content (AvgIpc) is 2.34. The summed E-state index contributed by atoms with van der Waals surface area (Å²) in [7, 11) is 1.24. The number of ether oxygens (including phenoxy) is 2. The smallest absolute Gasteiger partial charge is 0.408 e. The van der Waals surface area contributed by atoms with E-state index in [0.29, 0.717) is 5.75 Å². The first kappa shape index (κ1) is 19.6. The quantitative estimate of drug-likeness (QED) is 0.707. The summed E-state index contributed by atoms with van der Waals surface area (Å²) in [4.78, 5) is 35.1. The molecule has 21 heavy (non-hydrogen) atoms. The largest absolute Gasteiger partial charge is 0.467 e. The van der Waals surface area contributed by atoms with E-state index in [4.69, 9.17) is 4.74 Å². The van der Waals surface area contributed by atoms with E-state index in [1.54, 1.807) is 27.0 Å². The van der Waals surface area contributed by atoms with Crippen molar-refractivity contribution >= 4 is 29.7 Å². The number of nitrogens with one attached hydrogen (secondary N) is 2. The van der Waals surface area contributed by atoms with Crippen LogP contribution in [0.4, 0.5) is 4.79 Å². The molecule has 0 spiro atoms. The van der Waals surface area contributed by atoms with Crippen molar-refractivity contribution in [2.45, 2.75) is 45.4 Å². The second kappa shape index (κ2) is 8.76. The number of esters is 1. The van der Waals surface area contributed by atoms with Gasteiger partial charge >= 0.3 is 12.1 Å². The molecule has 0 aliphatic rings. The fraction of sp³-hybridized carbons (Fsp3) is 0.769. The molecule has 0 aliphatic heterocycles. The van der Waals surface area contributed by atoms with Gasteiger partial charge in [0, 0.05) is 5.75 Å². The fourth-order valence-corrected chi connectivity index (χ4v) is 1.92. The molecular weight excluding hydrogens is 296 g/mol. The molecular formula is C13H24N2O5S. The van der Waals surface area contributed by atoms with Crippen LogP contribution in [0.1, 0.15) is 27.7 Å². The third-order valence-electron chi connectivity index (χ3n) is 2.25. The highest BCUT2D eigenvalue weighted by atomic mass is 32.2. The van der Waals surface area contributed by atoms with Gasteiger partial charge in [-0.1, -0.05) is 0 Å². The summed E-state index contributed by atoms with van der Waals surface area (Å²) in [5.41, 5.74) is -0.649. The third kappa shape index (κ3) is 8.44. The first-order valence-corrected chi connectivity index (χ1v) is 7.86. The lowest BCUT2D eigenvalue weighted by Crippen LogP contribution is -2.52. The zero-order valence-electron chi connectivity index (χ0n) is 13.3. The minimum absolute atomic E-state index is 0.360. The first-order chi connectivity index (χ1) is 9.60. The molecule has 2 N–H and O–H groups in total. The molecule has 0 rings (SSSR count). The van der Waals surface area contributed by atoms with Crippen molar-refractivity contribution in [3.05, 3.63) is 0 Å². The number of alkyl carbamates (subject to hydrolysis) is 1. The highest BCUT2D eigenvalue weighted by molar-refractivity contribution is 7.98. The van der Waals surface area contributed by atoms with E-state index >= 15 is 0 Å². The summed E-state index contributed by atoms with van der Waals surface area (Å²) in [6.07, 6.45) is 1.13. The van der Waals surface area contributed by atoms with Gasteiger partial charge in [-0.05, 0) is 34.0 Å². The van der Waals surface area contributed by atoms with Gasteiger partial charge in [0.2, 0.25) is 5.91 Å². The number of hydrogen-bond donors (Lipinski definition) is 2. The third-order valence-corrected chi connectivity index (χ3v) is 2.92. The van der Waals surface area contributed by atoms with E-state index in [-0.39, 0.29) is 0 Å². The van der Waals surface area contributed by atoms with Gasteiger partial charge in [0.25, 0.3) is 0 Å². The van der Waals surface area contributed by atoms with Gasteiger partial charge < -0.3 is 20.1 Å². The molecule has 0 saturated heterocycles. The number of methoxy groups -OCH3 is 1. The predicted molar refractivity (Wildman–Crippen MR) is 81.2 cm³/mol. The summed E-state index contributed by atoms with van der Waals surface area (Å²) in [5, 5.41) is 4.98. The van der Waals surface area contributed by atoms with Crippen LogP contribution >= 0.6 is 11.8 Å². The van der Waals surface area contributed by atoms with Crippen molar-refractivity contribution in [1.29, 1.82) is 0 Å². The standard InChI is InChI=1S/C13H24N2O5S/c1-8(11(17)19-5)14-10(16)9(7-21-6)15-12(18)20-13(2,3)4/h8-9H,7H2,1-6H3,(H,14,16)(H,15,18)/t8-,9-/m0/s1. The van der Waals surface area contributed by atoms with Crippen LogP contribution in [0.2, 0.25) is 0 Å². The average molecular weight is 320 g/mol. The number of amides is 2. The molecule has 7 nitrogen and oxygen atoms in total. The topological polar surface area (TPSA) is 93.7 Å². The zero-order valence-corrected chi connectivity index (χ0v) is 14.1. The fourth-order valence-electron chi connectivity index (χ4n) is 1.35. The Morgan fingerprint density at radius 1 is 1.19 bits per heavy atom. The molecule has 8 heteroatoms. The van der Waals surface area contributed by atoms with Crippen LogP contribution in [-0.4, -0.2) is 54.8 Å². The van der Waals surface area contributed by atoms with E-state index < -0.39 is 35.7 Å². The number of rotatable bonds is 6.